The maximum atomic E-state index is 12.8. The molecule has 3 aromatic heterocycles. The van der Waals surface area contributed by atoms with Crippen LogP contribution in [0.5, 0.6) is 0 Å². The molecule has 0 aliphatic heterocycles. The Kier molecular flexibility index (Phi) is 3.12. The van der Waals surface area contributed by atoms with Gasteiger partial charge in [0.1, 0.15) is 11.2 Å². The lowest BCUT2D eigenvalue weighted by atomic mass is 10.2. The fourth-order valence-corrected chi connectivity index (χ4v) is 3.71. The standard InChI is InChI=1S/C17H12N2O3S/c1-2-22-17(21)11-9-19-14(18-11)8-7-13-15(19)16(20)10-5-3-4-6-12(10)23-13/h3-9H,2H2,1H3. The monoisotopic (exact) mass is 324 g/mol. The smallest absolute Gasteiger partial charge is 0.358 e. The summed E-state index contributed by atoms with van der Waals surface area (Å²) >= 11 is 1.54. The highest BCUT2D eigenvalue weighted by Crippen LogP contribution is 2.25. The summed E-state index contributed by atoms with van der Waals surface area (Å²) in [5.74, 6) is -0.485. The van der Waals surface area contributed by atoms with E-state index in [9.17, 15) is 9.59 Å². The summed E-state index contributed by atoms with van der Waals surface area (Å²) in [5.41, 5.74) is 1.24. The van der Waals surface area contributed by atoms with Crippen molar-refractivity contribution in [3.8, 4) is 0 Å². The highest BCUT2D eigenvalue weighted by Gasteiger charge is 2.15. The van der Waals surface area contributed by atoms with Gasteiger partial charge in [0.15, 0.2) is 5.69 Å². The van der Waals surface area contributed by atoms with Crippen LogP contribution in [-0.2, 0) is 4.74 Å². The first kappa shape index (κ1) is 13.9. The number of imidazole rings is 1. The molecule has 114 valence electrons. The molecule has 0 aliphatic rings. The van der Waals surface area contributed by atoms with Crippen molar-refractivity contribution in [3.05, 3.63) is 58.5 Å². The van der Waals surface area contributed by atoms with E-state index in [1.54, 1.807) is 34.9 Å². The van der Waals surface area contributed by atoms with E-state index in [-0.39, 0.29) is 17.7 Å². The Morgan fingerprint density at radius 2 is 2.04 bits per heavy atom. The molecule has 23 heavy (non-hydrogen) atoms. The van der Waals surface area contributed by atoms with E-state index in [0.717, 1.165) is 9.40 Å². The van der Waals surface area contributed by atoms with Crippen LogP contribution in [0.1, 0.15) is 17.4 Å². The summed E-state index contributed by atoms with van der Waals surface area (Å²) in [5, 5.41) is 0.670. The SMILES string of the molecule is CCOC(=O)c1cn2c(ccc3sc4ccccc4c(=O)c32)n1. The molecule has 4 rings (SSSR count). The zero-order chi connectivity index (χ0) is 16.0. The van der Waals surface area contributed by atoms with E-state index in [2.05, 4.69) is 4.98 Å². The van der Waals surface area contributed by atoms with Crippen LogP contribution in [0.2, 0.25) is 0 Å². The Morgan fingerprint density at radius 3 is 2.87 bits per heavy atom. The van der Waals surface area contributed by atoms with Crippen LogP contribution in [0.4, 0.5) is 0 Å². The quantitative estimate of drug-likeness (QED) is 0.419. The van der Waals surface area contributed by atoms with Crippen LogP contribution in [0, 0.1) is 0 Å². The van der Waals surface area contributed by atoms with E-state index in [1.807, 2.05) is 30.3 Å². The normalized spacial score (nSPS) is 11.3. The van der Waals surface area contributed by atoms with Gasteiger partial charge in [0.05, 0.1) is 11.3 Å². The summed E-state index contributed by atoms with van der Waals surface area (Å²) in [6, 6.07) is 11.2. The lowest BCUT2D eigenvalue weighted by molar-refractivity contribution is 0.0520. The Labute approximate surface area is 134 Å². The van der Waals surface area contributed by atoms with Crippen LogP contribution in [0.3, 0.4) is 0 Å². The number of nitrogens with zero attached hydrogens (tertiary/aromatic N) is 2. The summed E-state index contributed by atoms with van der Waals surface area (Å²) in [7, 11) is 0. The Hall–Kier alpha value is -2.73. The van der Waals surface area contributed by atoms with Gasteiger partial charge in [-0.25, -0.2) is 9.78 Å². The zero-order valence-corrected chi connectivity index (χ0v) is 13.1. The Morgan fingerprint density at radius 1 is 1.22 bits per heavy atom. The van der Waals surface area contributed by atoms with Crippen molar-refractivity contribution < 1.29 is 9.53 Å². The number of fused-ring (bicyclic) bond motifs is 4. The van der Waals surface area contributed by atoms with Crippen LogP contribution < -0.4 is 5.43 Å². The van der Waals surface area contributed by atoms with Gasteiger partial charge in [-0.15, -0.1) is 11.3 Å². The lowest BCUT2D eigenvalue weighted by Gasteiger charge is -2.03. The average molecular weight is 324 g/mol. The Balaban J connectivity index is 2.09. The summed E-state index contributed by atoms with van der Waals surface area (Å²) < 4.78 is 8.45. The molecule has 3 heterocycles. The molecule has 0 saturated carbocycles. The van der Waals surface area contributed by atoms with Crippen LogP contribution in [-0.4, -0.2) is 22.0 Å². The fraction of sp³-hybridized carbons (Fsp3) is 0.118. The molecule has 0 spiro atoms. The first-order valence-electron chi connectivity index (χ1n) is 7.20. The minimum atomic E-state index is -0.485. The summed E-state index contributed by atoms with van der Waals surface area (Å²) in [6.45, 7) is 2.03. The van der Waals surface area contributed by atoms with Gasteiger partial charge in [-0.1, -0.05) is 12.1 Å². The van der Waals surface area contributed by atoms with Crippen LogP contribution in [0.15, 0.2) is 47.4 Å². The number of pyridine rings is 1. The van der Waals surface area contributed by atoms with Gasteiger partial charge in [0.2, 0.25) is 5.43 Å². The van der Waals surface area contributed by atoms with E-state index in [0.29, 0.717) is 16.6 Å². The van der Waals surface area contributed by atoms with Gasteiger partial charge in [0, 0.05) is 16.3 Å². The van der Waals surface area contributed by atoms with Crippen molar-refractivity contribution in [1.29, 1.82) is 0 Å². The molecule has 0 atom stereocenters. The second-order valence-electron chi connectivity index (χ2n) is 5.05. The van der Waals surface area contributed by atoms with Crippen molar-refractivity contribution in [2.75, 3.05) is 6.61 Å². The van der Waals surface area contributed by atoms with Crippen molar-refractivity contribution in [2.24, 2.45) is 0 Å². The van der Waals surface area contributed by atoms with Crippen molar-refractivity contribution in [1.82, 2.24) is 9.38 Å². The Bertz CT molecular complexity index is 1130. The topological polar surface area (TPSA) is 60.7 Å². The maximum absolute atomic E-state index is 12.8. The molecule has 0 unspecified atom stereocenters. The largest absolute Gasteiger partial charge is 0.461 e. The molecule has 5 nitrogen and oxygen atoms in total. The second kappa shape index (κ2) is 5.17. The van der Waals surface area contributed by atoms with Crippen LogP contribution in [0.25, 0.3) is 25.9 Å². The van der Waals surface area contributed by atoms with E-state index >= 15 is 0 Å². The number of carbonyl (C=O) groups is 1. The number of carbonyl (C=O) groups excluding carboxylic acids is 1. The maximum Gasteiger partial charge on any atom is 0.358 e. The number of hydrogen-bond acceptors (Lipinski definition) is 5. The molecule has 4 aromatic rings. The molecule has 1 aromatic carbocycles. The number of hydrogen-bond donors (Lipinski definition) is 0. The first-order chi connectivity index (χ1) is 11.2. The van der Waals surface area contributed by atoms with Gasteiger partial charge in [-0.05, 0) is 31.2 Å². The van der Waals surface area contributed by atoms with E-state index in [4.69, 9.17) is 4.74 Å². The van der Waals surface area contributed by atoms with E-state index in [1.165, 1.54) is 0 Å². The molecule has 6 heteroatoms. The van der Waals surface area contributed by atoms with Gasteiger partial charge >= 0.3 is 5.97 Å². The van der Waals surface area contributed by atoms with Crippen molar-refractivity contribution >= 4 is 43.3 Å². The number of benzene rings is 1. The third kappa shape index (κ3) is 2.10. The van der Waals surface area contributed by atoms with Gasteiger partial charge < -0.3 is 4.74 Å². The first-order valence-corrected chi connectivity index (χ1v) is 8.01. The summed E-state index contributed by atoms with van der Waals surface area (Å²) in [6.07, 6.45) is 1.57. The molecular weight excluding hydrogens is 312 g/mol. The zero-order valence-electron chi connectivity index (χ0n) is 12.3. The predicted molar refractivity (Wildman–Crippen MR) is 90.3 cm³/mol. The number of esters is 1. The third-order valence-electron chi connectivity index (χ3n) is 3.64. The number of ether oxygens (including phenoxy) is 1. The minimum absolute atomic E-state index is 0.0623. The fourth-order valence-electron chi connectivity index (χ4n) is 2.64. The van der Waals surface area contributed by atoms with Gasteiger partial charge in [-0.2, -0.15) is 0 Å². The lowest BCUT2D eigenvalue weighted by Crippen LogP contribution is -2.06. The molecule has 0 aliphatic carbocycles. The van der Waals surface area contributed by atoms with Crippen molar-refractivity contribution in [3.63, 3.8) is 0 Å². The molecule has 0 N–H and O–H groups in total. The second-order valence-corrected chi connectivity index (χ2v) is 6.13. The molecule has 0 amide bonds. The summed E-state index contributed by atoms with van der Waals surface area (Å²) in [4.78, 5) is 29.0. The van der Waals surface area contributed by atoms with Gasteiger partial charge in [-0.3, -0.25) is 9.20 Å². The predicted octanol–water partition coefficient (Wildman–Crippen LogP) is 3.24. The average Bonchev–Trinajstić information content (AvgIpc) is 2.99. The molecule has 0 fully saturated rings. The van der Waals surface area contributed by atoms with E-state index < -0.39 is 5.97 Å². The number of rotatable bonds is 2. The molecule has 0 bridgehead atoms. The highest BCUT2D eigenvalue weighted by atomic mass is 32.1. The van der Waals surface area contributed by atoms with Gasteiger partial charge in [0.25, 0.3) is 0 Å². The van der Waals surface area contributed by atoms with Crippen LogP contribution >= 0.6 is 11.3 Å². The minimum Gasteiger partial charge on any atom is -0.461 e. The molecule has 0 saturated heterocycles. The molecular formula is C17H12N2O3S. The number of aromatic nitrogens is 2. The van der Waals surface area contributed by atoms with Crippen molar-refractivity contribution in [2.45, 2.75) is 6.92 Å². The third-order valence-corrected chi connectivity index (χ3v) is 4.77. The molecule has 0 radical (unpaired) electrons. The highest BCUT2D eigenvalue weighted by molar-refractivity contribution is 7.24.